The van der Waals surface area contributed by atoms with E-state index < -0.39 is 5.60 Å². The number of ether oxygens (including phenoxy) is 1. The molecule has 1 aliphatic rings. The Morgan fingerprint density at radius 1 is 1.35 bits per heavy atom. The summed E-state index contributed by atoms with van der Waals surface area (Å²) in [5.74, 6) is 0.445. The van der Waals surface area contributed by atoms with E-state index in [-0.39, 0.29) is 12.5 Å². The van der Waals surface area contributed by atoms with Crippen molar-refractivity contribution in [2.24, 2.45) is 0 Å². The molecule has 1 amide bonds. The topological polar surface area (TPSA) is 53.0 Å². The van der Waals surface area contributed by atoms with Crippen LogP contribution in [0.2, 0.25) is 5.02 Å². The minimum absolute atomic E-state index is 0.0319. The highest BCUT2D eigenvalue weighted by Gasteiger charge is 2.32. The van der Waals surface area contributed by atoms with Crippen molar-refractivity contribution in [2.45, 2.75) is 24.9 Å². The number of halogens is 1. The summed E-state index contributed by atoms with van der Waals surface area (Å²) in [4.78, 5) is 16.1. The zero-order valence-corrected chi connectivity index (χ0v) is 14.6. The molecule has 1 atom stereocenters. The summed E-state index contributed by atoms with van der Waals surface area (Å²) >= 11 is 6.02. The van der Waals surface area contributed by atoms with Crippen molar-refractivity contribution in [3.63, 3.8) is 0 Å². The molecule has 1 unspecified atom stereocenters. The lowest BCUT2D eigenvalue weighted by atomic mass is 9.94. The average molecular weight is 341 g/mol. The van der Waals surface area contributed by atoms with Crippen LogP contribution in [0.1, 0.15) is 19.3 Å². The fourth-order valence-electron chi connectivity index (χ4n) is 2.97. The number of hydrogen-bond donors (Lipinski definition) is 1. The molecular weight excluding hydrogens is 316 g/mol. The lowest BCUT2D eigenvalue weighted by molar-refractivity contribution is -0.133. The summed E-state index contributed by atoms with van der Waals surface area (Å²) in [6.07, 6.45) is 2.09. The molecule has 0 aliphatic carbocycles. The molecule has 1 saturated heterocycles. The molecule has 1 aliphatic heterocycles. The Bertz CT molecular complexity index is 538. The lowest BCUT2D eigenvalue weighted by Crippen LogP contribution is -2.42. The van der Waals surface area contributed by atoms with Crippen molar-refractivity contribution in [2.75, 3.05) is 40.3 Å². The van der Waals surface area contributed by atoms with Crippen LogP contribution in [0, 0.1) is 0 Å². The van der Waals surface area contributed by atoms with Gasteiger partial charge in [-0.3, -0.25) is 4.79 Å². The molecule has 1 heterocycles. The zero-order chi connectivity index (χ0) is 16.9. The van der Waals surface area contributed by atoms with Crippen LogP contribution in [0.4, 0.5) is 0 Å². The van der Waals surface area contributed by atoms with E-state index in [1.54, 1.807) is 17.0 Å². The first-order valence-electron chi connectivity index (χ1n) is 7.92. The van der Waals surface area contributed by atoms with Crippen LogP contribution in [-0.2, 0) is 4.79 Å². The molecule has 0 radical (unpaired) electrons. The molecule has 0 aromatic heterocycles. The van der Waals surface area contributed by atoms with Crippen molar-refractivity contribution in [1.82, 2.24) is 9.80 Å². The van der Waals surface area contributed by atoms with E-state index in [1.165, 1.54) is 0 Å². The number of likely N-dealkylation sites (tertiary alicyclic amines) is 1. The van der Waals surface area contributed by atoms with Crippen molar-refractivity contribution in [3.8, 4) is 5.75 Å². The Balaban J connectivity index is 1.87. The molecule has 6 heteroatoms. The Labute approximate surface area is 142 Å². The highest BCUT2D eigenvalue weighted by Crippen LogP contribution is 2.25. The second kappa shape index (κ2) is 7.99. The van der Waals surface area contributed by atoms with Crippen LogP contribution in [-0.4, -0.2) is 66.8 Å². The fraction of sp³-hybridized carbons (Fsp3) is 0.588. The van der Waals surface area contributed by atoms with Gasteiger partial charge in [-0.1, -0.05) is 23.7 Å². The molecule has 23 heavy (non-hydrogen) atoms. The van der Waals surface area contributed by atoms with Gasteiger partial charge in [-0.2, -0.15) is 0 Å². The van der Waals surface area contributed by atoms with Crippen molar-refractivity contribution in [1.29, 1.82) is 0 Å². The standard InChI is InChI=1S/C17H25ClN2O3/c1-19(2)13-17(22)8-5-10-20(11-9-17)16(21)12-23-15-7-4-3-6-14(15)18/h3-4,6-7,22H,5,8-13H2,1-2H3. The fourth-order valence-corrected chi connectivity index (χ4v) is 3.16. The van der Waals surface area contributed by atoms with Gasteiger partial charge in [0.25, 0.3) is 5.91 Å². The maximum Gasteiger partial charge on any atom is 0.260 e. The van der Waals surface area contributed by atoms with Crippen molar-refractivity contribution >= 4 is 17.5 Å². The van der Waals surface area contributed by atoms with Crippen LogP contribution in [0.25, 0.3) is 0 Å². The summed E-state index contributed by atoms with van der Waals surface area (Å²) in [7, 11) is 3.90. The van der Waals surface area contributed by atoms with E-state index in [4.69, 9.17) is 16.3 Å². The first-order chi connectivity index (χ1) is 10.9. The second-order valence-electron chi connectivity index (χ2n) is 6.42. The minimum atomic E-state index is -0.720. The number of carbonyl (C=O) groups is 1. The normalized spacial score (nSPS) is 22.0. The summed E-state index contributed by atoms with van der Waals surface area (Å²) < 4.78 is 5.52. The molecule has 0 saturated carbocycles. The molecular formula is C17H25ClN2O3. The van der Waals surface area contributed by atoms with E-state index in [2.05, 4.69) is 0 Å². The summed E-state index contributed by atoms with van der Waals surface area (Å²) in [5.41, 5.74) is -0.720. The molecule has 1 aromatic rings. The molecule has 0 bridgehead atoms. The first-order valence-corrected chi connectivity index (χ1v) is 8.30. The van der Waals surface area contributed by atoms with Gasteiger partial charge < -0.3 is 19.6 Å². The van der Waals surface area contributed by atoms with E-state index in [0.29, 0.717) is 43.2 Å². The molecule has 2 rings (SSSR count). The average Bonchev–Trinajstić information content (AvgIpc) is 2.67. The predicted octanol–water partition coefficient (Wildman–Crippen LogP) is 2.02. The van der Waals surface area contributed by atoms with Crippen LogP contribution in [0.3, 0.4) is 0 Å². The van der Waals surface area contributed by atoms with Crippen LogP contribution in [0.15, 0.2) is 24.3 Å². The molecule has 1 aromatic carbocycles. The maximum atomic E-state index is 12.3. The summed E-state index contributed by atoms with van der Waals surface area (Å²) in [6.45, 7) is 1.79. The van der Waals surface area contributed by atoms with Gasteiger partial charge in [-0.05, 0) is 45.5 Å². The van der Waals surface area contributed by atoms with Gasteiger partial charge in [0.2, 0.25) is 0 Å². The number of para-hydroxylation sites is 1. The molecule has 5 nitrogen and oxygen atoms in total. The van der Waals surface area contributed by atoms with Crippen LogP contribution >= 0.6 is 11.6 Å². The quantitative estimate of drug-likeness (QED) is 0.891. The summed E-state index contributed by atoms with van der Waals surface area (Å²) in [5, 5.41) is 11.1. The number of likely N-dealkylation sites (N-methyl/N-ethyl adjacent to an activating group) is 1. The number of carbonyl (C=O) groups excluding carboxylic acids is 1. The molecule has 1 fully saturated rings. The van der Waals surface area contributed by atoms with Gasteiger partial charge in [0.05, 0.1) is 10.6 Å². The minimum Gasteiger partial charge on any atom is -0.482 e. The Morgan fingerprint density at radius 3 is 2.78 bits per heavy atom. The SMILES string of the molecule is CN(C)CC1(O)CCCN(C(=O)COc2ccccc2Cl)CC1. The lowest BCUT2D eigenvalue weighted by Gasteiger charge is -2.29. The Kier molecular flexibility index (Phi) is 6.27. The van der Waals surface area contributed by atoms with Gasteiger partial charge in [0.1, 0.15) is 5.75 Å². The smallest absolute Gasteiger partial charge is 0.260 e. The van der Waals surface area contributed by atoms with Gasteiger partial charge in [0, 0.05) is 19.6 Å². The monoisotopic (exact) mass is 340 g/mol. The third kappa shape index (κ3) is 5.37. The van der Waals surface area contributed by atoms with Crippen LogP contribution in [0.5, 0.6) is 5.75 Å². The third-order valence-corrected chi connectivity index (χ3v) is 4.38. The summed E-state index contributed by atoms with van der Waals surface area (Å²) in [6, 6.07) is 7.11. The van der Waals surface area contributed by atoms with Gasteiger partial charge >= 0.3 is 0 Å². The third-order valence-electron chi connectivity index (χ3n) is 4.07. The van der Waals surface area contributed by atoms with Gasteiger partial charge in [0.15, 0.2) is 6.61 Å². The predicted molar refractivity (Wildman–Crippen MR) is 90.9 cm³/mol. The highest BCUT2D eigenvalue weighted by molar-refractivity contribution is 6.32. The molecule has 128 valence electrons. The Morgan fingerprint density at radius 2 is 2.09 bits per heavy atom. The number of benzene rings is 1. The number of hydrogen-bond acceptors (Lipinski definition) is 4. The van der Waals surface area contributed by atoms with Gasteiger partial charge in [-0.25, -0.2) is 0 Å². The number of rotatable bonds is 5. The highest BCUT2D eigenvalue weighted by atomic mass is 35.5. The van der Waals surface area contributed by atoms with Crippen LogP contribution < -0.4 is 4.74 Å². The second-order valence-corrected chi connectivity index (χ2v) is 6.82. The zero-order valence-electron chi connectivity index (χ0n) is 13.8. The molecule has 1 N–H and O–H groups in total. The largest absolute Gasteiger partial charge is 0.482 e. The number of nitrogens with zero attached hydrogens (tertiary/aromatic N) is 2. The number of amides is 1. The van der Waals surface area contributed by atoms with Gasteiger partial charge in [-0.15, -0.1) is 0 Å². The Hall–Kier alpha value is -1.30. The van der Waals surface area contributed by atoms with E-state index in [1.807, 2.05) is 31.1 Å². The van der Waals surface area contributed by atoms with E-state index >= 15 is 0 Å². The van der Waals surface area contributed by atoms with E-state index in [0.717, 1.165) is 6.42 Å². The molecule has 0 spiro atoms. The first kappa shape index (κ1) is 18.0. The number of aliphatic hydroxyl groups is 1. The maximum absolute atomic E-state index is 12.3. The van der Waals surface area contributed by atoms with Crippen molar-refractivity contribution in [3.05, 3.63) is 29.3 Å². The van der Waals surface area contributed by atoms with Crippen molar-refractivity contribution < 1.29 is 14.6 Å². The van der Waals surface area contributed by atoms with E-state index in [9.17, 15) is 9.90 Å².